The Labute approximate surface area is 174 Å². The van der Waals surface area contributed by atoms with Crippen LogP contribution in [-0.4, -0.2) is 22.0 Å². The number of hydrogen-bond acceptors (Lipinski definition) is 3. The first-order chi connectivity index (χ1) is 14.1. The number of carbonyl (C=O) groups is 2. The Morgan fingerprint density at radius 1 is 1.07 bits per heavy atom. The molecule has 29 heavy (non-hydrogen) atoms. The van der Waals surface area contributed by atoms with Crippen molar-refractivity contribution in [3.05, 3.63) is 47.5 Å². The van der Waals surface area contributed by atoms with Gasteiger partial charge in [0.15, 0.2) is 0 Å². The van der Waals surface area contributed by atoms with Gasteiger partial charge in [-0.1, -0.05) is 55.7 Å². The van der Waals surface area contributed by atoms with E-state index in [1.54, 1.807) is 0 Å². The first kappa shape index (κ1) is 21.8. The summed E-state index contributed by atoms with van der Waals surface area (Å²) in [6, 6.07) is 8.31. The summed E-state index contributed by atoms with van der Waals surface area (Å²) in [5, 5.41) is 19.4. The van der Waals surface area contributed by atoms with E-state index in [0.717, 1.165) is 37.7 Å². The van der Waals surface area contributed by atoms with Crippen molar-refractivity contribution in [3.63, 3.8) is 0 Å². The van der Waals surface area contributed by atoms with E-state index in [2.05, 4.69) is 24.3 Å². The van der Waals surface area contributed by atoms with Crippen molar-refractivity contribution in [2.24, 2.45) is 11.8 Å². The van der Waals surface area contributed by atoms with E-state index in [-0.39, 0.29) is 24.4 Å². The lowest BCUT2D eigenvalue weighted by atomic mass is 9.81. The SMILES string of the molecule is O=C(O)CCC/C=C\C[C@H]1C(=O)CC[C@@H]1c1ccc(C(O)C2CCCCC2)cc1. The van der Waals surface area contributed by atoms with Crippen molar-refractivity contribution in [1.82, 2.24) is 0 Å². The van der Waals surface area contributed by atoms with Gasteiger partial charge in [-0.3, -0.25) is 9.59 Å². The van der Waals surface area contributed by atoms with Gasteiger partial charge in [0.2, 0.25) is 0 Å². The molecule has 2 saturated carbocycles. The average Bonchev–Trinajstić information content (AvgIpc) is 3.11. The number of benzene rings is 1. The number of aliphatic hydroxyl groups is 1. The third-order valence-electron chi connectivity index (χ3n) is 6.72. The normalized spacial score (nSPS) is 24.2. The quantitative estimate of drug-likeness (QED) is 0.421. The first-order valence-electron chi connectivity index (χ1n) is 11.2. The molecule has 0 bridgehead atoms. The number of rotatable bonds is 9. The molecule has 0 amide bonds. The highest BCUT2D eigenvalue weighted by Gasteiger charge is 2.34. The fourth-order valence-corrected chi connectivity index (χ4v) is 5.00. The number of ketones is 1. The molecular formula is C25H34O4. The van der Waals surface area contributed by atoms with Crippen molar-refractivity contribution >= 4 is 11.8 Å². The van der Waals surface area contributed by atoms with Crippen LogP contribution in [0.1, 0.15) is 93.8 Å². The predicted molar refractivity (Wildman–Crippen MR) is 114 cm³/mol. The second kappa shape index (κ2) is 10.7. The molecule has 0 spiro atoms. The Bertz CT molecular complexity index is 700. The molecular weight excluding hydrogens is 364 g/mol. The van der Waals surface area contributed by atoms with E-state index in [4.69, 9.17) is 5.11 Å². The van der Waals surface area contributed by atoms with Crippen molar-refractivity contribution in [2.45, 2.75) is 82.7 Å². The van der Waals surface area contributed by atoms with Crippen molar-refractivity contribution < 1.29 is 19.8 Å². The summed E-state index contributed by atoms with van der Waals surface area (Å²) >= 11 is 0. The number of aliphatic carboxylic acids is 1. The summed E-state index contributed by atoms with van der Waals surface area (Å²) < 4.78 is 0. The van der Waals surface area contributed by atoms with E-state index in [1.807, 2.05) is 12.2 Å². The van der Waals surface area contributed by atoms with E-state index < -0.39 is 5.97 Å². The van der Waals surface area contributed by atoms with Gasteiger partial charge in [0.25, 0.3) is 0 Å². The van der Waals surface area contributed by atoms with Crippen LogP contribution >= 0.6 is 0 Å². The predicted octanol–water partition coefficient (Wildman–Crippen LogP) is 5.56. The van der Waals surface area contributed by atoms with Gasteiger partial charge in [-0.25, -0.2) is 0 Å². The van der Waals surface area contributed by atoms with Crippen molar-refractivity contribution in [1.29, 1.82) is 0 Å². The first-order valence-corrected chi connectivity index (χ1v) is 11.2. The fraction of sp³-hybridized carbons (Fsp3) is 0.600. The highest BCUT2D eigenvalue weighted by Crippen LogP contribution is 2.40. The van der Waals surface area contributed by atoms with Gasteiger partial charge in [-0.05, 0) is 61.5 Å². The molecule has 3 atom stereocenters. The molecule has 4 heteroatoms. The second-order valence-corrected chi connectivity index (χ2v) is 8.72. The molecule has 3 rings (SSSR count). The largest absolute Gasteiger partial charge is 0.481 e. The summed E-state index contributed by atoms with van der Waals surface area (Å²) in [4.78, 5) is 23.0. The lowest BCUT2D eigenvalue weighted by molar-refractivity contribution is -0.137. The van der Waals surface area contributed by atoms with Gasteiger partial charge in [-0.15, -0.1) is 0 Å². The van der Waals surface area contributed by atoms with Gasteiger partial charge in [0.1, 0.15) is 5.78 Å². The summed E-state index contributed by atoms with van der Waals surface area (Å²) in [6.07, 6.45) is 13.4. The van der Waals surface area contributed by atoms with E-state index in [9.17, 15) is 14.7 Å². The number of carboxylic acids is 1. The van der Waals surface area contributed by atoms with E-state index >= 15 is 0 Å². The molecule has 0 aromatic heterocycles. The van der Waals surface area contributed by atoms with Gasteiger partial charge >= 0.3 is 5.97 Å². The fourth-order valence-electron chi connectivity index (χ4n) is 5.00. The molecule has 0 aliphatic heterocycles. The monoisotopic (exact) mass is 398 g/mol. The number of carboxylic acid groups (broad SMARTS) is 1. The Morgan fingerprint density at radius 2 is 1.79 bits per heavy atom. The molecule has 2 aliphatic rings. The topological polar surface area (TPSA) is 74.6 Å². The smallest absolute Gasteiger partial charge is 0.303 e. The molecule has 2 N–H and O–H groups in total. The Morgan fingerprint density at radius 3 is 2.48 bits per heavy atom. The molecule has 0 radical (unpaired) electrons. The summed E-state index contributed by atoms with van der Waals surface area (Å²) in [5.74, 6) is 0.201. The van der Waals surface area contributed by atoms with Crippen molar-refractivity contribution in [2.75, 3.05) is 0 Å². The van der Waals surface area contributed by atoms with Gasteiger partial charge < -0.3 is 10.2 Å². The molecule has 158 valence electrons. The lowest BCUT2D eigenvalue weighted by Crippen LogP contribution is -2.16. The Balaban J connectivity index is 1.57. The zero-order valence-corrected chi connectivity index (χ0v) is 17.3. The summed E-state index contributed by atoms with van der Waals surface area (Å²) in [5.41, 5.74) is 2.19. The van der Waals surface area contributed by atoms with E-state index in [0.29, 0.717) is 24.5 Å². The van der Waals surface area contributed by atoms with Gasteiger partial charge in [-0.2, -0.15) is 0 Å². The molecule has 4 nitrogen and oxygen atoms in total. The van der Waals surface area contributed by atoms with Crippen LogP contribution in [0.25, 0.3) is 0 Å². The number of allylic oxidation sites excluding steroid dienone is 2. The van der Waals surface area contributed by atoms with Crippen LogP contribution in [-0.2, 0) is 9.59 Å². The summed E-state index contributed by atoms with van der Waals surface area (Å²) in [7, 11) is 0. The number of Topliss-reactive ketones (excluding diaryl/α,β-unsaturated/α-hetero) is 1. The molecule has 1 unspecified atom stereocenters. The molecule has 2 aliphatic carbocycles. The van der Waals surface area contributed by atoms with Crippen LogP contribution < -0.4 is 0 Å². The molecule has 0 heterocycles. The standard InChI is InChI=1S/C25H34O4/c26-23-17-16-21(22(23)10-6-1-2-7-11-24(27)28)18-12-14-20(15-13-18)25(29)19-8-4-3-5-9-19/h1,6,12-15,19,21-22,25,29H,2-5,7-11,16-17H2,(H,27,28)/b6-1-/t21-,22-,25?/m1/s1. The van der Waals surface area contributed by atoms with Crippen LogP contribution in [0.3, 0.4) is 0 Å². The zero-order chi connectivity index (χ0) is 20.6. The van der Waals surface area contributed by atoms with Crippen LogP contribution in [0.4, 0.5) is 0 Å². The lowest BCUT2D eigenvalue weighted by Gasteiger charge is -2.27. The van der Waals surface area contributed by atoms with Crippen LogP contribution in [0.5, 0.6) is 0 Å². The minimum Gasteiger partial charge on any atom is -0.481 e. The third kappa shape index (κ3) is 6.02. The van der Waals surface area contributed by atoms with Gasteiger partial charge in [0, 0.05) is 18.8 Å². The third-order valence-corrected chi connectivity index (χ3v) is 6.72. The van der Waals surface area contributed by atoms with Crippen LogP contribution in [0.15, 0.2) is 36.4 Å². The molecule has 1 aromatic carbocycles. The molecule has 0 saturated heterocycles. The van der Waals surface area contributed by atoms with Crippen LogP contribution in [0, 0.1) is 11.8 Å². The average molecular weight is 399 g/mol. The Hall–Kier alpha value is -1.94. The maximum absolute atomic E-state index is 12.4. The van der Waals surface area contributed by atoms with Crippen molar-refractivity contribution in [3.8, 4) is 0 Å². The minimum atomic E-state index is -0.763. The zero-order valence-electron chi connectivity index (χ0n) is 17.3. The number of aliphatic hydroxyl groups excluding tert-OH is 1. The number of hydrogen-bond donors (Lipinski definition) is 2. The molecule has 2 fully saturated rings. The Kier molecular flexibility index (Phi) is 8.05. The number of unbranched alkanes of at least 4 members (excludes halogenated alkanes) is 1. The number of carbonyl (C=O) groups excluding carboxylic acids is 1. The highest BCUT2D eigenvalue weighted by atomic mass is 16.4. The molecule has 1 aromatic rings. The van der Waals surface area contributed by atoms with Gasteiger partial charge in [0.05, 0.1) is 6.10 Å². The van der Waals surface area contributed by atoms with E-state index in [1.165, 1.54) is 24.8 Å². The maximum atomic E-state index is 12.4. The maximum Gasteiger partial charge on any atom is 0.303 e. The highest BCUT2D eigenvalue weighted by molar-refractivity contribution is 5.84. The second-order valence-electron chi connectivity index (χ2n) is 8.72. The van der Waals surface area contributed by atoms with Crippen LogP contribution in [0.2, 0.25) is 0 Å². The minimum absolute atomic E-state index is 0.0137. The summed E-state index contributed by atoms with van der Waals surface area (Å²) in [6.45, 7) is 0.